The van der Waals surface area contributed by atoms with E-state index in [1.165, 1.54) is 30.6 Å². The molecule has 0 saturated carbocycles. The van der Waals surface area contributed by atoms with Gasteiger partial charge in [0.1, 0.15) is 6.04 Å². The Bertz CT molecular complexity index is 445. The van der Waals surface area contributed by atoms with Crippen molar-refractivity contribution in [2.75, 3.05) is 25.0 Å². The maximum Gasteiger partial charge on any atom is 0.326 e. The first-order chi connectivity index (χ1) is 9.58. The molecular weight excluding hydrogens is 276 g/mol. The summed E-state index contributed by atoms with van der Waals surface area (Å²) in [5.74, 6) is -1.05. The number of nitrogens with zero attached hydrogens (tertiary/aromatic N) is 2. The predicted molar refractivity (Wildman–Crippen MR) is 80.1 cm³/mol. The lowest BCUT2D eigenvalue weighted by atomic mass is 10.1. The van der Waals surface area contributed by atoms with Crippen molar-refractivity contribution >= 4 is 22.4 Å². The molecule has 0 spiro atoms. The molecule has 1 aromatic heterocycles. The molecule has 2 unspecified atom stereocenters. The topological polar surface area (TPSA) is 91.5 Å². The fourth-order valence-corrected chi connectivity index (χ4v) is 3.12. The summed E-state index contributed by atoms with van der Waals surface area (Å²) in [6, 6.07) is -0.586. The molecule has 1 saturated heterocycles. The van der Waals surface area contributed by atoms with Gasteiger partial charge in [0, 0.05) is 18.0 Å². The van der Waals surface area contributed by atoms with Crippen LogP contribution in [0.1, 0.15) is 37.9 Å². The highest BCUT2D eigenvalue weighted by Crippen LogP contribution is 2.20. The van der Waals surface area contributed by atoms with Gasteiger partial charge >= 0.3 is 5.97 Å². The number of hydrogen-bond acceptors (Lipinski definition) is 6. The number of piperidine rings is 1. The van der Waals surface area contributed by atoms with E-state index in [1.807, 2.05) is 0 Å². The third-order valence-electron chi connectivity index (χ3n) is 3.67. The molecule has 2 rings (SSSR count). The van der Waals surface area contributed by atoms with Crippen LogP contribution in [-0.4, -0.2) is 46.6 Å². The minimum absolute atomic E-state index is 0.413. The first kappa shape index (κ1) is 15.2. The quantitative estimate of drug-likeness (QED) is 0.737. The molecule has 20 heavy (non-hydrogen) atoms. The SMILES string of the molecule is CC(CNc1nc(C(N)C(=O)O)cs1)N1CCCCC1. The normalized spacial score (nSPS) is 19.5. The molecule has 0 aliphatic carbocycles. The summed E-state index contributed by atoms with van der Waals surface area (Å²) in [6.45, 7) is 5.34. The zero-order valence-electron chi connectivity index (χ0n) is 11.7. The zero-order valence-corrected chi connectivity index (χ0v) is 12.5. The molecule has 1 aliphatic heterocycles. The molecule has 1 aliphatic rings. The van der Waals surface area contributed by atoms with Crippen LogP contribution >= 0.6 is 11.3 Å². The number of aromatic nitrogens is 1. The number of carbonyl (C=O) groups is 1. The van der Waals surface area contributed by atoms with Crippen LogP contribution in [0.4, 0.5) is 5.13 Å². The lowest BCUT2D eigenvalue weighted by Crippen LogP contribution is -2.41. The summed E-state index contributed by atoms with van der Waals surface area (Å²) in [6.07, 6.45) is 3.89. The Labute approximate surface area is 123 Å². The van der Waals surface area contributed by atoms with E-state index < -0.39 is 12.0 Å². The average Bonchev–Trinajstić information content (AvgIpc) is 2.93. The van der Waals surface area contributed by atoms with Crippen molar-refractivity contribution in [3.8, 4) is 0 Å². The van der Waals surface area contributed by atoms with E-state index in [0.29, 0.717) is 11.7 Å². The van der Waals surface area contributed by atoms with E-state index in [1.54, 1.807) is 5.38 Å². The minimum Gasteiger partial charge on any atom is -0.480 e. The monoisotopic (exact) mass is 298 g/mol. The molecular formula is C13H22N4O2S. The number of rotatable bonds is 6. The lowest BCUT2D eigenvalue weighted by Gasteiger charge is -2.32. The number of nitrogens with one attached hydrogen (secondary N) is 1. The van der Waals surface area contributed by atoms with Gasteiger partial charge < -0.3 is 16.2 Å². The molecule has 1 aromatic rings. The lowest BCUT2D eigenvalue weighted by molar-refractivity contribution is -0.138. The highest BCUT2D eigenvalue weighted by molar-refractivity contribution is 7.13. The van der Waals surface area contributed by atoms with Gasteiger partial charge in [-0.3, -0.25) is 9.69 Å². The molecule has 2 heterocycles. The summed E-state index contributed by atoms with van der Waals surface area (Å²) < 4.78 is 0. The van der Waals surface area contributed by atoms with Crippen molar-refractivity contribution in [1.29, 1.82) is 0 Å². The fraction of sp³-hybridized carbons (Fsp3) is 0.692. The number of thiazole rings is 1. The zero-order chi connectivity index (χ0) is 14.5. The number of anilines is 1. The van der Waals surface area contributed by atoms with Gasteiger partial charge in [0.2, 0.25) is 0 Å². The standard InChI is InChI=1S/C13H22N4O2S/c1-9(17-5-3-2-4-6-17)7-15-13-16-10(8-20-13)11(14)12(18)19/h8-9,11H,2-7,14H2,1H3,(H,15,16)(H,18,19). The van der Waals surface area contributed by atoms with Gasteiger partial charge in [-0.1, -0.05) is 6.42 Å². The van der Waals surface area contributed by atoms with E-state index in [-0.39, 0.29) is 0 Å². The number of aliphatic carboxylic acids is 1. The first-order valence-electron chi connectivity index (χ1n) is 6.99. The van der Waals surface area contributed by atoms with Crippen LogP contribution in [-0.2, 0) is 4.79 Å². The van der Waals surface area contributed by atoms with Crippen LogP contribution in [0.25, 0.3) is 0 Å². The van der Waals surface area contributed by atoms with Gasteiger partial charge in [0.05, 0.1) is 5.69 Å². The molecule has 4 N–H and O–H groups in total. The van der Waals surface area contributed by atoms with Gasteiger partial charge in [-0.15, -0.1) is 11.3 Å². The Morgan fingerprint density at radius 2 is 2.25 bits per heavy atom. The number of hydrogen-bond donors (Lipinski definition) is 3. The van der Waals surface area contributed by atoms with Crippen molar-refractivity contribution < 1.29 is 9.90 Å². The summed E-state index contributed by atoms with van der Waals surface area (Å²) in [5, 5.41) is 14.6. The third kappa shape index (κ3) is 3.91. The molecule has 0 radical (unpaired) electrons. The molecule has 0 amide bonds. The van der Waals surface area contributed by atoms with Gasteiger partial charge in [-0.05, 0) is 32.9 Å². The highest BCUT2D eigenvalue weighted by Gasteiger charge is 2.19. The summed E-state index contributed by atoms with van der Waals surface area (Å²) in [7, 11) is 0. The molecule has 6 nitrogen and oxygen atoms in total. The molecule has 2 atom stereocenters. The Morgan fingerprint density at radius 1 is 1.55 bits per heavy atom. The van der Waals surface area contributed by atoms with E-state index in [0.717, 1.165) is 24.8 Å². The summed E-state index contributed by atoms with van der Waals surface area (Å²) >= 11 is 1.40. The highest BCUT2D eigenvalue weighted by atomic mass is 32.1. The Hall–Kier alpha value is -1.18. The second-order valence-corrected chi connectivity index (χ2v) is 6.08. The van der Waals surface area contributed by atoms with Gasteiger partial charge in [0.15, 0.2) is 5.13 Å². The van der Waals surface area contributed by atoms with Crippen LogP contribution in [0.5, 0.6) is 0 Å². The van der Waals surface area contributed by atoms with Gasteiger partial charge in [0.25, 0.3) is 0 Å². The largest absolute Gasteiger partial charge is 0.480 e. The Balaban J connectivity index is 1.83. The van der Waals surface area contributed by atoms with Gasteiger partial charge in [-0.2, -0.15) is 0 Å². The summed E-state index contributed by atoms with van der Waals surface area (Å²) in [4.78, 5) is 17.5. The predicted octanol–water partition coefficient (Wildman–Crippen LogP) is 1.51. The Kier molecular flexibility index (Phi) is 5.33. The number of nitrogens with two attached hydrogens (primary N) is 1. The van der Waals surface area contributed by atoms with Crippen LogP contribution in [0.3, 0.4) is 0 Å². The van der Waals surface area contributed by atoms with E-state index in [4.69, 9.17) is 10.8 Å². The third-order valence-corrected chi connectivity index (χ3v) is 4.49. The van der Waals surface area contributed by atoms with E-state index in [9.17, 15) is 4.79 Å². The Morgan fingerprint density at radius 3 is 2.90 bits per heavy atom. The van der Waals surface area contributed by atoms with Crippen molar-refractivity contribution in [3.63, 3.8) is 0 Å². The van der Waals surface area contributed by atoms with Crippen molar-refractivity contribution in [2.45, 2.75) is 38.3 Å². The molecule has 112 valence electrons. The van der Waals surface area contributed by atoms with E-state index >= 15 is 0 Å². The van der Waals surface area contributed by atoms with Crippen molar-refractivity contribution in [1.82, 2.24) is 9.88 Å². The minimum atomic E-state index is -1.05. The fourth-order valence-electron chi connectivity index (χ4n) is 2.36. The number of carboxylic acid groups (broad SMARTS) is 1. The van der Waals surface area contributed by atoms with E-state index in [2.05, 4.69) is 22.1 Å². The van der Waals surface area contributed by atoms with Crippen LogP contribution in [0, 0.1) is 0 Å². The van der Waals surface area contributed by atoms with Gasteiger partial charge in [-0.25, -0.2) is 4.98 Å². The smallest absolute Gasteiger partial charge is 0.326 e. The molecule has 1 fully saturated rings. The maximum atomic E-state index is 10.8. The van der Waals surface area contributed by atoms with Crippen molar-refractivity contribution in [3.05, 3.63) is 11.1 Å². The van der Waals surface area contributed by atoms with Crippen LogP contribution in [0.2, 0.25) is 0 Å². The molecule has 7 heteroatoms. The second kappa shape index (κ2) is 7.01. The second-order valence-electron chi connectivity index (χ2n) is 5.22. The number of likely N-dealkylation sites (tertiary alicyclic amines) is 1. The summed E-state index contributed by atoms with van der Waals surface area (Å²) in [5.41, 5.74) is 5.95. The van der Waals surface area contributed by atoms with Crippen molar-refractivity contribution in [2.24, 2.45) is 5.73 Å². The maximum absolute atomic E-state index is 10.8. The number of carboxylic acids is 1. The average molecular weight is 298 g/mol. The molecule has 0 aromatic carbocycles. The van der Waals surface area contributed by atoms with Crippen LogP contribution < -0.4 is 11.1 Å². The van der Waals surface area contributed by atoms with Crippen LogP contribution in [0.15, 0.2) is 5.38 Å². The first-order valence-corrected chi connectivity index (χ1v) is 7.87. The molecule has 0 bridgehead atoms.